The van der Waals surface area contributed by atoms with Gasteiger partial charge in [0.05, 0.1) is 6.10 Å². The fourth-order valence-electron chi connectivity index (χ4n) is 3.87. The number of hydrogen-bond acceptors (Lipinski definition) is 4. The summed E-state index contributed by atoms with van der Waals surface area (Å²) in [6, 6.07) is 0. The van der Waals surface area contributed by atoms with E-state index in [9.17, 15) is 4.79 Å². The lowest BCUT2D eigenvalue weighted by molar-refractivity contribution is -0.195. The molecule has 1 aliphatic carbocycles. The van der Waals surface area contributed by atoms with Gasteiger partial charge in [0.15, 0.2) is 11.4 Å². The summed E-state index contributed by atoms with van der Waals surface area (Å²) in [5.41, 5.74) is -1.02. The Balaban J connectivity index is 2.09. The zero-order chi connectivity index (χ0) is 16.7. The molecule has 1 aliphatic heterocycles. The average molecular weight is 312 g/mol. The number of esters is 1. The molecule has 4 nitrogen and oxygen atoms in total. The summed E-state index contributed by atoms with van der Waals surface area (Å²) in [6.45, 7) is 14.0. The van der Waals surface area contributed by atoms with E-state index >= 15 is 0 Å². The molecule has 128 valence electrons. The standard InChI is InChI=1S/C18H32O4/c1-11(2)14-9-8-12(3)10-15(14)20-16(19)18(7)13(4)21-17(5,6)22-18/h11-15H,8-10H2,1-7H3/t12-,13-,14+,15-,18-/m1/s1. The number of carbonyl (C=O) groups is 1. The maximum Gasteiger partial charge on any atom is 0.341 e. The number of rotatable bonds is 3. The minimum atomic E-state index is -1.02. The van der Waals surface area contributed by atoms with Gasteiger partial charge in [0.2, 0.25) is 0 Å². The van der Waals surface area contributed by atoms with Gasteiger partial charge in [0.1, 0.15) is 6.10 Å². The van der Waals surface area contributed by atoms with Crippen molar-refractivity contribution >= 4 is 5.97 Å². The highest BCUT2D eigenvalue weighted by molar-refractivity contribution is 5.80. The van der Waals surface area contributed by atoms with Crippen molar-refractivity contribution in [1.82, 2.24) is 0 Å². The van der Waals surface area contributed by atoms with Crippen molar-refractivity contribution in [3.63, 3.8) is 0 Å². The van der Waals surface area contributed by atoms with Crippen molar-refractivity contribution in [3.05, 3.63) is 0 Å². The van der Waals surface area contributed by atoms with Crippen LogP contribution in [0.2, 0.25) is 0 Å². The van der Waals surface area contributed by atoms with Crippen LogP contribution in [0.25, 0.3) is 0 Å². The van der Waals surface area contributed by atoms with E-state index in [-0.39, 0.29) is 18.2 Å². The molecule has 0 amide bonds. The van der Waals surface area contributed by atoms with E-state index in [1.54, 1.807) is 6.92 Å². The van der Waals surface area contributed by atoms with Gasteiger partial charge in [-0.05, 0) is 58.3 Å². The summed E-state index contributed by atoms with van der Waals surface area (Å²) in [4.78, 5) is 12.8. The Labute approximate surface area is 134 Å². The van der Waals surface area contributed by atoms with Gasteiger partial charge in [0, 0.05) is 0 Å². The maximum atomic E-state index is 12.8. The Hall–Kier alpha value is -0.610. The van der Waals surface area contributed by atoms with Crippen LogP contribution in [0.15, 0.2) is 0 Å². The van der Waals surface area contributed by atoms with E-state index < -0.39 is 11.4 Å². The third-order valence-electron chi connectivity index (χ3n) is 5.32. The first kappa shape index (κ1) is 17.7. The fourth-order valence-corrected chi connectivity index (χ4v) is 3.87. The molecule has 0 radical (unpaired) electrons. The first-order chi connectivity index (χ1) is 10.0. The molecule has 0 aromatic heterocycles. The van der Waals surface area contributed by atoms with Gasteiger partial charge in [-0.25, -0.2) is 4.79 Å². The van der Waals surface area contributed by atoms with E-state index in [2.05, 4.69) is 20.8 Å². The van der Waals surface area contributed by atoms with Crippen molar-refractivity contribution in [2.75, 3.05) is 0 Å². The van der Waals surface area contributed by atoms with E-state index in [1.165, 1.54) is 6.42 Å². The van der Waals surface area contributed by atoms with Crippen molar-refractivity contribution in [1.29, 1.82) is 0 Å². The monoisotopic (exact) mass is 312 g/mol. The highest BCUT2D eigenvalue weighted by atomic mass is 16.8. The largest absolute Gasteiger partial charge is 0.460 e. The second-order valence-corrected chi connectivity index (χ2v) is 8.14. The summed E-state index contributed by atoms with van der Waals surface area (Å²) in [5.74, 6) is 0.539. The van der Waals surface area contributed by atoms with Crippen LogP contribution in [0.3, 0.4) is 0 Å². The zero-order valence-electron chi connectivity index (χ0n) is 15.1. The molecule has 0 unspecified atom stereocenters. The Morgan fingerprint density at radius 2 is 1.82 bits per heavy atom. The molecule has 1 heterocycles. The molecular formula is C18H32O4. The van der Waals surface area contributed by atoms with E-state index in [0.717, 1.165) is 12.8 Å². The van der Waals surface area contributed by atoms with Gasteiger partial charge in [-0.1, -0.05) is 27.2 Å². The Morgan fingerprint density at radius 1 is 1.18 bits per heavy atom. The second kappa shape index (κ2) is 6.12. The van der Waals surface area contributed by atoms with Gasteiger partial charge in [-0.3, -0.25) is 0 Å². The number of ether oxygens (including phenoxy) is 3. The predicted molar refractivity (Wildman–Crippen MR) is 85.3 cm³/mol. The molecule has 1 saturated heterocycles. The van der Waals surface area contributed by atoms with Crippen LogP contribution in [-0.4, -0.2) is 29.6 Å². The lowest BCUT2D eigenvalue weighted by Crippen LogP contribution is -2.48. The molecule has 0 aromatic carbocycles. The van der Waals surface area contributed by atoms with E-state index in [0.29, 0.717) is 17.8 Å². The molecule has 5 atom stereocenters. The van der Waals surface area contributed by atoms with Crippen LogP contribution in [-0.2, 0) is 19.0 Å². The van der Waals surface area contributed by atoms with Crippen molar-refractivity contribution < 1.29 is 19.0 Å². The Kier molecular flexibility index (Phi) is 4.94. The molecular weight excluding hydrogens is 280 g/mol. The smallest absolute Gasteiger partial charge is 0.341 e. The van der Waals surface area contributed by atoms with Crippen LogP contribution in [0, 0.1) is 17.8 Å². The lowest BCUT2D eigenvalue weighted by Gasteiger charge is -2.38. The van der Waals surface area contributed by atoms with Crippen LogP contribution in [0.4, 0.5) is 0 Å². The van der Waals surface area contributed by atoms with Crippen molar-refractivity contribution in [3.8, 4) is 0 Å². The molecule has 0 N–H and O–H groups in total. The quantitative estimate of drug-likeness (QED) is 0.741. The summed E-state index contributed by atoms with van der Waals surface area (Å²) < 4.78 is 17.6. The molecule has 2 fully saturated rings. The molecule has 0 bridgehead atoms. The second-order valence-electron chi connectivity index (χ2n) is 8.14. The van der Waals surface area contributed by atoms with Crippen molar-refractivity contribution in [2.24, 2.45) is 17.8 Å². The van der Waals surface area contributed by atoms with Crippen LogP contribution in [0.5, 0.6) is 0 Å². The molecule has 2 aliphatic rings. The van der Waals surface area contributed by atoms with E-state index in [4.69, 9.17) is 14.2 Å². The molecule has 22 heavy (non-hydrogen) atoms. The van der Waals surface area contributed by atoms with Gasteiger partial charge >= 0.3 is 5.97 Å². The molecule has 0 aromatic rings. The first-order valence-electron chi connectivity index (χ1n) is 8.64. The third kappa shape index (κ3) is 3.48. The molecule has 1 saturated carbocycles. The zero-order valence-corrected chi connectivity index (χ0v) is 15.1. The number of carbonyl (C=O) groups excluding carboxylic acids is 1. The predicted octanol–water partition coefficient (Wildman–Crippen LogP) is 3.92. The van der Waals surface area contributed by atoms with Crippen LogP contribution < -0.4 is 0 Å². The van der Waals surface area contributed by atoms with E-state index in [1.807, 2.05) is 20.8 Å². The molecule has 0 spiro atoms. The SMILES string of the molecule is CC(C)[C@@H]1CC[C@@H](C)C[C@H]1OC(=O)[C@]1(C)OC(C)(C)O[C@@H]1C. The Bertz CT molecular complexity index is 417. The fraction of sp³-hybridized carbons (Fsp3) is 0.944. The van der Waals surface area contributed by atoms with Gasteiger partial charge in [0.25, 0.3) is 0 Å². The normalized spacial score (nSPS) is 41.6. The summed E-state index contributed by atoms with van der Waals surface area (Å²) in [6.07, 6.45) is 2.98. The minimum absolute atomic E-state index is 0.00686. The van der Waals surface area contributed by atoms with Gasteiger partial charge < -0.3 is 14.2 Å². The van der Waals surface area contributed by atoms with Gasteiger partial charge in [-0.2, -0.15) is 0 Å². The van der Waals surface area contributed by atoms with Crippen LogP contribution >= 0.6 is 0 Å². The topological polar surface area (TPSA) is 44.8 Å². The Morgan fingerprint density at radius 3 is 2.32 bits per heavy atom. The summed E-state index contributed by atoms with van der Waals surface area (Å²) in [5, 5.41) is 0. The van der Waals surface area contributed by atoms with Crippen LogP contribution in [0.1, 0.15) is 67.7 Å². The summed E-state index contributed by atoms with van der Waals surface area (Å²) in [7, 11) is 0. The van der Waals surface area contributed by atoms with Gasteiger partial charge in [-0.15, -0.1) is 0 Å². The number of hydrogen-bond donors (Lipinski definition) is 0. The van der Waals surface area contributed by atoms with Crippen molar-refractivity contribution in [2.45, 2.75) is 91.3 Å². The minimum Gasteiger partial charge on any atom is -0.460 e. The highest BCUT2D eigenvalue weighted by Gasteiger charge is 2.55. The molecule has 2 rings (SSSR count). The summed E-state index contributed by atoms with van der Waals surface area (Å²) >= 11 is 0. The first-order valence-corrected chi connectivity index (χ1v) is 8.64. The third-order valence-corrected chi connectivity index (χ3v) is 5.32. The lowest BCUT2D eigenvalue weighted by atomic mass is 9.75. The highest BCUT2D eigenvalue weighted by Crippen LogP contribution is 2.40. The maximum absolute atomic E-state index is 12.8. The average Bonchev–Trinajstić information content (AvgIpc) is 2.58. The molecule has 4 heteroatoms.